The van der Waals surface area contributed by atoms with E-state index in [0.717, 1.165) is 38.0 Å². The third-order valence-corrected chi connectivity index (χ3v) is 5.59. The quantitative estimate of drug-likeness (QED) is 0.947. The van der Waals surface area contributed by atoms with E-state index in [0.29, 0.717) is 11.8 Å². The lowest BCUT2D eigenvalue weighted by Crippen LogP contribution is -2.57. The minimum absolute atomic E-state index is 0.293. The van der Waals surface area contributed by atoms with E-state index < -0.39 is 5.60 Å². The smallest absolute Gasteiger partial charge is 0.0991 e. The van der Waals surface area contributed by atoms with Gasteiger partial charge in [-0.3, -0.25) is 14.9 Å². The zero-order valence-electron chi connectivity index (χ0n) is 13.3. The number of piperidine rings is 1. The van der Waals surface area contributed by atoms with Crippen LogP contribution in [0.25, 0.3) is 0 Å². The molecular formula is C19H23N3O. The van der Waals surface area contributed by atoms with Gasteiger partial charge in [0.05, 0.1) is 5.60 Å². The first-order valence-corrected chi connectivity index (χ1v) is 8.51. The summed E-state index contributed by atoms with van der Waals surface area (Å²) in [6.07, 6.45) is 10.7. The Morgan fingerprint density at radius 2 is 1.78 bits per heavy atom. The van der Waals surface area contributed by atoms with Crippen LogP contribution < -0.4 is 0 Å². The van der Waals surface area contributed by atoms with Crippen molar-refractivity contribution in [3.05, 3.63) is 60.2 Å². The van der Waals surface area contributed by atoms with Gasteiger partial charge in [0.15, 0.2) is 0 Å². The van der Waals surface area contributed by atoms with Crippen molar-refractivity contribution in [3.8, 4) is 0 Å². The van der Waals surface area contributed by atoms with Crippen molar-refractivity contribution >= 4 is 0 Å². The predicted octanol–water partition coefficient (Wildman–Crippen LogP) is 2.60. The van der Waals surface area contributed by atoms with Gasteiger partial charge in [0, 0.05) is 61.8 Å². The summed E-state index contributed by atoms with van der Waals surface area (Å²) in [5.41, 5.74) is 1.59. The van der Waals surface area contributed by atoms with Gasteiger partial charge in [0.25, 0.3) is 0 Å². The third kappa shape index (κ3) is 2.66. The van der Waals surface area contributed by atoms with Crippen LogP contribution in [0.1, 0.15) is 30.4 Å². The van der Waals surface area contributed by atoms with E-state index in [1.807, 2.05) is 30.7 Å². The third-order valence-electron chi connectivity index (χ3n) is 5.59. The molecule has 1 aliphatic heterocycles. The molecule has 4 nitrogen and oxygen atoms in total. The molecule has 0 unspecified atom stereocenters. The van der Waals surface area contributed by atoms with Gasteiger partial charge in [0.2, 0.25) is 0 Å². The van der Waals surface area contributed by atoms with Gasteiger partial charge in [-0.2, -0.15) is 0 Å². The van der Waals surface area contributed by atoms with Crippen LogP contribution in [0.5, 0.6) is 0 Å². The molecule has 1 saturated carbocycles. The highest BCUT2D eigenvalue weighted by Gasteiger charge is 2.51. The van der Waals surface area contributed by atoms with Crippen LogP contribution in [0.2, 0.25) is 0 Å². The number of hydrogen-bond donors (Lipinski definition) is 1. The normalized spacial score (nSPS) is 31.0. The zero-order valence-corrected chi connectivity index (χ0v) is 13.3. The fraction of sp³-hybridized carbons (Fsp3) is 0.474. The number of pyridine rings is 2. The lowest BCUT2D eigenvalue weighted by molar-refractivity contribution is -0.148. The molecule has 4 rings (SSSR count). The molecule has 0 spiro atoms. The van der Waals surface area contributed by atoms with Crippen LogP contribution in [0, 0.1) is 11.8 Å². The molecule has 2 aromatic rings. The van der Waals surface area contributed by atoms with Crippen LogP contribution >= 0.6 is 0 Å². The molecule has 2 bridgehead atoms. The molecule has 0 radical (unpaired) electrons. The molecule has 4 heteroatoms. The average Bonchev–Trinajstić information content (AvgIpc) is 2.58. The van der Waals surface area contributed by atoms with E-state index in [2.05, 4.69) is 27.0 Å². The lowest BCUT2D eigenvalue weighted by Gasteiger charge is -2.53. The molecule has 23 heavy (non-hydrogen) atoms. The number of nitrogens with zero attached hydrogens (tertiary/aromatic N) is 3. The molecule has 1 N–H and O–H groups in total. The van der Waals surface area contributed by atoms with Gasteiger partial charge < -0.3 is 5.11 Å². The second-order valence-electron chi connectivity index (χ2n) is 6.94. The van der Waals surface area contributed by atoms with Crippen LogP contribution in [-0.2, 0) is 12.1 Å². The summed E-state index contributed by atoms with van der Waals surface area (Å²) in [7, 11) is 0. The summed E-state index contributed by atoms with van der Waals surface area (Å²) >= 11 is 0. The summed E-state index contributed by atoms with van der Waals surface area (Å²) in [5.74, 6) is 0.585. The van der Waals surface area contributed by atoms with Crippen molar-refractivity contribution in [2.24, 2.45) is 11.8 Å². The summed E-state index contributed by atoms with van der Waals surface area (Å²) in [6.45, 7) is 2.84. The summed E-state index contributed by atoms with van der Waals surface area (Å²) in [4.78, 5) is 10.8. The highest BCUT2D eigenvalue weighted by atomic mass is 16.3. The number of fused-ring (bicyclic) bond motifs is 2. The summed E-state index contributed by atoms with van der Waals surface area (Å²) in [6, 6.07) is 8.14. The highest BCUT2D eigenvalue weighted by Crippen LogP contribution is 2.49. The van der Waals surface area contributed by atoms with Gasteiger partial charge in [-0.1, -0.05) is 12.5 Å². The minimum atomic E-state index is -0.707. The van der Waals surface area contributed by atoms with Crippen LogP contribution in [0.4, 0.5) is 0 Å². The molecular weight excluding hydrogens is 286 g/mol. The molecule has 120 valence electrons. The lowest BCUT2D eigenvalue weighted by atomic mass is 9.63. The highest BCUT2D eigenvalue weighted by molar-refractivity contribution is 5.24. The van der Waals surface area contributed by atoms with Gasteiger partial charge in [-0.25, -0.2) is 0 Å². The van der Waals surface area contributed by atoms with Crippen molar-refractivity contribution in [3.63, 3.8) is 0 Å². The number of aromatic nitrogens is 2. The maximum Gasteiger partial charge on any atom is 0.0991 e. The van der Waals surface area contributed by atoms with E-state index in [9.17, 15) is 5.11 Å². The standard InChI is InChI=1S/C19H23N3O/c23-19(16-5-2-8-21-11-16)17-3-1-4-18(19)14-22(13-17)12-15-6-9-20-10-7-15/h2,5-11,17-18,23H,1,3-4,12-14H2/t17-,18-/m1/s1. The first kappa shape index (κ1) is 14.8. The molecule has 2 fully saturated rings. The molecule has 0 aromatic carbocycles. The minimum Gasteiger partial charge on any atom is -0.384 e. The van der Waals surface area contributed by atoms with E-state index in [1.165, 1.54) is 12.0 Å². The fourth-order valence-corrected chi connectivity index (χ4v) is 4.49. The Kier molecular flexibility index (Phi) is 3.87. The van der Waals surface area contributed by atoms with Gasteiger partial charge in [0.1, 0.15) is 0 Å². The fourth-order valence-electron chi connectivity index (χ4n) is 4.49. The molecule has 1 aliphatic carbocycles. The predicted molar refractivity (Wildman–Crippen MR) is 88.5 cm³/mol. The monoisotopic (exact) mass is 309 g/mol. The van der Waals surface area contributed by atoms with Gasteiger partial charge in [-0.15, -0.1) is 0 Å². The van der Waals surface area contributed by atoms with Crippen LogP contribution in [0.3, 0.4) is 0 Å². The Balaban J connectivity index is 1.57. The van der Waals surface area contributed by atoms with E-state index in [-0.39, 0.29) is 0 Å². The van der Waals surface area contributed by atoms with Crippen molar-refractivity contribution in [1.29, 1.82) is 0 Å². The SMILES string of the molecule is OC1(c2cccnc2)[C@@H]2CCC[C@@H]1CN(Cc1ccncc1)C2. The molecule has 2 aromatic heterocycles. The Hall–Kier alpha value is -1.78. The largest absolute Gasteiger partial charge is 0.384 e. The van der Waals surface area contributed by atoms with Crippen molar-refractivity contribution < 1.29 is 5.11 Å². The maximum absolute atomic E-state index is 11.5. The van der Waals surface area contributed by atoms with Crippen molar-refractivity contribution in [2.45, 2.75) is 31.4 Å². The molecule has 2 atom stereocenters. The second-order valence-corrected chi connectivity index (χ2v) is 6.94. The number of hydrogen-bond acceptors (Lipinski definition) is 4. The summed E-state index contributed by atoms with van der Waals surface area (Å²) in [5, 5.41) is 11.5. The van der Waals surface area contributed by atoms with E-state index in [1.54, 1.807) is 6.20 Å². The Labute approximate surface area is 137 Å². The van der Waals surface area contributed by atoms with Crippen molar-refractivity contribution in [1.82, 2.24) is 14.9 Å². The first-order chi connectivity index (χ1) is 11.3. The maximum atomic E-state index is 11.5. The zero-order chi connectivity index (χ0) is 15.7. The van der Waals surface area contributed by atoms with E-state index >= 15 is 0 Å². The molecule has 1 saturated heterocycles. The summed E-state index contributed by atoms with van der Waals surface area (Å²) < 4.78 is 0. The topological polar surface area (TPSA) is 49.3 Å². The van der Waals surface area contributed by atoms with Gasteiger partial charge in [-0.05, 0) is 36.6 Å². The Bertz CT molecular complexity index is 632. The van der Waals surface area contributed by atoms with Crippen LogP contribution in [-0.4, -0.2) is 33.1 Å². The number of rotatable bonds is 3. The average molecular weight is 309 g/mol. The van der Waals surface area contributed by atoms with Gasteiger partial charge >= 0.3 is 0 Å². The molecule has 3 heterocycles. The number of aliphatic hydroxyl groups is 1. The van der Waals surface area contributed by atoms with E-state index in [4.69, 9.17) is 0 Å². The van der Waals surface area contributed by atoms with Crippen molar-refractivity contribution in [2.75, 3.05) is 13.1 Å². The Morgan fingerprint density at radius 3 is 2.43 bits per heavy atom. The Morgan fingerprint density at radius 1 is 1.04 bits per heavy atom. The number of likely N-dealkylation sites (tertiary alicyclic amines) is 1. The van der Waals surface area contributed by atoms with Crippen LogP contribution in [0.15, 0.2) is 49.1 Å². The molecule has 0 amide bonds. The first-order valence-electron chi connectivity index (χ1n) is 8.51. The second kappa shape index (κ2) is 6.02. The molecule has 2 aliphatic rings.